The van der Waals surface area contributed by atoms with Crippen molar-refractivity contribution in [2.45, 2.75) is 6.54 Å². The van der Waals surface area contributed by atoms with Crippen LogP contribution in [0.5, 0.6) is 0 Å². The number of nitrogens with zero attached hydrogens (tertiary/aromatic N) is 2. The first-order valence-electron chi connectivity index (χ1n) is 5.70. The average Bonchev–Trinajstić information content (AvgIpc) is 2.29. The normalized spacial score (nSPS) is 10.1. The molecule has 1 N–H and O–H groups in total. The van der Waals surface area contributed by atoms with E-state index in [0.29, 0.717) is 6.54 Å². The second-order valence-electron chi connectivity index (χ2n) is 4.30. The monoisotopic (exact) mass is 235 g/mol. The highest BCUT2D eigenvalue weighted by atomic mass is 16.2. The molecule has 0 saturated carbocycles. The third kappa shape index (κ3) is 3.75. The molecule has 0 aliphatic heterocycles. The van der Waals surface area contributed by atoms with Gasteiger partial charge in [-0.05, 0) is 18.7 Å². The van der Waals surface area contributed by atoms with Crippen LogP contribution in [-0.2, 0) is 11.3 Å². The summed E-state index contributed by atoms with van der Waals surface area (Å²) < 4.78 is 0. The molecule has 0 bridgehead atoms. The Labute approximate surface area is 103 Å². The molecule has 0 aliphatic rings. The fourth-order valence-corrected chi connectivity index (χ4v) is 1.65. The number of carbonyl (C=O) groups excluding carboxylic acids is 1. The zero-order chi connectivity index (χ0) is 12.8. The van der Waals surface area contributed by atoms with Crippen molar-refractivity contribution in [2.75, 3.05) is 39.6 Å². The minimum absolute atomic E-state index is 0.103. The van der Waals surface area contributed by atoms with E-state index in [4.69, 9.17) is 0 Å². The van der Waals surface area contributed by atoms with Crippen LogP contribution in [0.4, 0.5) is 5.69 Å². The average molecular weight is 235 g/mol. The van der Waals surface area contributed by atoms with E-state index < -0.39 is 0 Å². The van der Waals surface area contributed by atoms with Gasteiger partial charge in [-0.3, -0.25) is 4.79 Å². The standard InChI is InChI=1S/C13H21N3O/c1-14-9-11-7-5-6-8-12(11)16(4)10-13(17)15(2)3/h5-8,14H,9-10H2,1-4H3. The molecule has 0 spiro atoms. The molecule has 0 radical (unpaired) electrons. The van der Waals surface area contributed by atoms with Gasteiger partial charge >= 0.3 is 0 Å². The SMILES string of the molecule is CNCc1ccccc1N(C)CC(=O)N(C)C. The third-order valence-electron chi connectivity index (χ3n) is 2.64. The largest absolute Gasteiger partial charge is 0.365 e. The predicted octanol–water partition coefficient (Wildman–Crippen LogP) is 0.930. The van der Waals surface area contributed by atoms with Gasteiger partial charge in [0.25, 0.3) is 0 Å². The summed E-state index contributed by atoms with van der Waals surface area (Å²) in [5.41, 5.74) is 2.29. The first-order valence-corrected chi connectivity index (χ1v) is 5.70. The lowest BCUT2D eigenvalue weighted by atomic mass is 10.1. The topological polar surface area (TPSA) is 35.6 Å². The lowest BCUT2D eigenvalue weighted by molar-refractivity contribution is -0.127. The second kappa shape index (κ2) is 6.25. The summed E-state index contributed by atoms with van der Waals surface area (Å²) >= 11 is 0. The van der Waals surface area contributed by atoms with Crippen molar-refractivity contribution < 1.29 is 4.79 Å². The number of hydrogen-bond acceptors (Lipinski definition) is 3. The second-order valence-corrected chi connectivity index (χ2v) is 4.30. The van der Waals surface area contributed by atoms with Gasteiger partial charge < -0.3 is 15.1 Å². The Hall–Kier alpha value is -1.55. The number of para-hydroxylation sites is 1. The fraction of sp³-hybridized carbons (Fsp3) is 0.462. The van der Waals surface area contributed by atoms with Crippen LogP contribution >= 0.6 is 0 Å². The Bertz CT molecular complexity index is 377. The molecule has 17 heavy (non-hydrogen) atoms. The first-order chi connectivity index (χ1) is 8.06. The highest BCUT2D eigenvalue weighted by Gasteiger charge is 2.11. The highest BCUT2D eigenvalue weighted by molar-refractivity contribution is 5.81. The minimum Gasteiger partial charge on any atom is -0.365 e. The smallest absolute Gasteiger partial charge is 0.241 e. The van der Waals surface area contributed by atoms with Crippen LogP contribution in [0.2, 0.25) is 0 Å². The predicted molar refractivity (Wildman–Crippen MR) is 71.2 cm³/mol. The molecule has 1 rings (SSSR count). The number of anilines is 1. The van der Waals surface area contributed by atoms with Crippen molar-refractivity contribution in [3.63, 3.8) is 0 Å². The van der Waals surface area contributed by atoms with Crippen molar-refractivity contribution in [1.29, 1.82) is 0 Å². The third-order valence-corrected chi connectivity index (χ3v) is 2.64. The van der Waals surface area contributed by atoms with Gasteiger partial charge in [0.2, 0.25) is 5.91 Å². The van der Waals surface area contributed by atoms with E-state index in [1.807, 2.05) is 37.2 Å². The molecule has 0 unspecified atom stereocenters. The van der Waals surface area contributed by atoms with E-state index in [-0.39, 0.29) is 5.91 Å². The van der Waals surface area contributed by atoms with Gasteiger partial charge in [-0.2, -0.15) is 0 Å². The van der Waals surface area contributed by atoms with Gasteiger partial charge in [0.1, 0.15) is 0 Å². The maximum absolute atomic E-state index is 11.7. The van der Waals surface area contributed by atoms with E-state index in [1.54, 1.807) is 19.0 Å². The zero-order valence-electron chi connectivity index (χ0n) is 11.0. The molecule has 0 fully saturated rings. The van der Waals surface area contributed by atoms with Crippen molar-refractivity contribution in [1.82, 2.24) is 10.2 Å². The maximum Gasteiger partial charge on any atom is 0.241 e. The van der Waals surface area contributed by atoms with Crippen LogP contribution in [0.1, 0.15) is 5.56 Å². The van der Waals surface area contributed by atoms with E-state index in [2.05, 4.69) is 11.4 Å². The van der Waals surface area contributed by atoms with Crippen LogP contribution in [-0.4, -0.2) is 45.5 Å². The van der Waals surface area contributed by atoms with Gasteiger partial charge in [0.05, 0.1) is 6.54 Å². The number of nitrogens with one attached hydrogen (secondary N) is 1. The molecule has 94 valence electrons. The number of benzene rings is 1. The molecule has 1 aromatic carbocycles. The quantitative estimate of drug-likeness (QED) is 0.824. The zero-order valence-corrected chi connectivity index (χ0v) is 11.0. The van der Waals surface area contributed by atoms with Crippen molar-refractivity contribution >= 4 is 11.6 Å². The number of likely N-dealkylation sites (N-methyl/N-ethyl adjacent to an activating group) is 2. The molecule has 0 saturated heterocycles. The molecule has 0 atom stereocenters. The van der Waals surface area contributed by atoms with Crippen LogP contribution in [0.15, 0.2) is 24.3 Å². The summed E-state index contributed by atoms with van der Waals surface area (Å²) in [6.45, 7) is 1.20. The van der Waals surface area contributed by atoms with E-state index >= 15 is 0 Å². The molecule has 0 aliphatic carbocycles. The Morgan fingerprint density at radius 3 is 2.47 bits per heavy atom. The van der Waals surface area contributed by atoms with Crippen LogP contribution in [0, 0.1) is 0 Å². The molecule has 1 aromatic rings. The maximum atomic E-state index is 11.7. The number of amides is 1. The van der Waals surface area contributed by atoms with E-state index in [1.165, 1.54) is 5.56 Å². The van der Waals surface area contributed by atoms with Gasteiger partial charge in [0.15, 0.2) is 0 Å². The summed E-state index contributed by atoms with van der Waals surface area (Å²) in [5.74, 6) is 0.103. The van der Waals surface area contributed by atoms with E-state index in [0.717, 1.165) is 12.2 Å². The van der Waals surface area contributed by atoms with Gasteiger partial charge in [-0.15, -0.1) is 0 Å². The highest BCUT2D eigenvalue weighted by Crippen LogP contribution is 2.18. The Morgan fingerprint density at radius 2 is 1.88 bits per heavy atom. The van der Waals surface area contributed by atoms with Crippen LogP contribution in [0.3, 0.4) is 0 Å². The van der Waals surface area contributed by atoms with E-state index in [9.17, 15) is 4.79 Å². The molecular formula is C13H21N3O. The van der Waals surface area contributed by atoms with Gasteiger partial charge in [-0.1, -0.05) is 18.2 Å². The number of carbonyl (C=O) groups is 1. The fourth-order valence-electron chi connectivity index (χ4n) is 1.65. The van der Waals surface area contributed by atoms with Gasteiger partial charge in [0, 0.05) is 33.4 Å². The van der Waals surface area contributed by atoms with Crippen molar-refractivity contribution in [2.24, 2.45) is 0 Å². The first kappa shape index (κ1) is 13.5. The van der Waals surface area contributed by atoms with Crippen LogP contribution < -0.4 is 10.2 Å². The molecule has 1 amide bonds. The van der Waals surface area contributed by atoms with Gasteiger partial charge in [-0.25, -0.2) is 0 Å². The summed E-state index contributed by atoms with van der Waals surface area (Å²) in [5, 5.41) is 3.13. The van der Waals surface area contributed by atoms with Crippen molar-refractivity contribution in [3.05, 3.63) is 29.8 Å². The molecule has 4 heteroatoms. The van der Waals surface area contributed by atoms with Crippen molar-refractivity contribution in [3.8, 4) is 0 Å². The Morgan fingerprint density at radius 1 is 1.24 bits per heavy atom. The summed E-state index contributed by atoms with van der Waals surface area (Å²) in [6.07, 6.45) is 0. The Balaban J connectivity index is 2.80. The molecular weight excluding hydrogens is 214 g/mol. The lowest BCUT2D eigenvalue weighted by Gasteiger charge is -2.23. The summed E-state index contributed by atoms with van der Waals surface area (Å²) in [4.78, 5) is 15.3. The lowest BCUT2D eigenvalue weighted by Crippen LogP contribution is -2.34. The Kier molecular flexibility index (Phi) is 4.97. The summed E-state index contributed by atoms with van der Waals surface area (Å²) in [6, 6.07) is 8.11. The molecule has 0 aromatic heterocycles. The number of hydrogen-bond donors (Lipinski definition) is 1. The van der Waals surface area contributed by atoms with Crippen LogP contribution in [0.25, 0.3) is 0 Å². The number of rotatable bonds is 5. The molecule has 0 heterocycles. The summed E-state index contributed by atoms with van der Waals surface area (Å²) in [7, 11) is 7.41. The minimum atomic E-state index is 0.103. The molecule has 4 nitrogen and oxygen atoms in total.